The van der Waals surface area contributed by atoms with Crippen molar-refractivity contribution in [2.45, 2.75) is 6.92 Å². The highest BCUT2D eigenvalue weighted by molar-refractivity contribution is 9.10. The third-order valence-corrected chi connectivity index (χ3v) is 4.57. The Morgan fingerprint density at radius 3 is 2.50 bits per heavy atom. The van der Waals surface area contributed by atoms with Crippen LogP contribution in [0.4, 0.5) is 5.69 Å². The fourth-order valence-electron chi connectivity index (χ4n) is 2.66. The Morgan fingerprint density at radius 2 is 1.77 bits per heavy atom. The molecule has 0 saturated heterocycles. The number of hydrazone groups is 1. The molecule has 0 atom stereocenters. The summed E-state index contributed by atoms with van der Waals surface area (Å²) in [5, 5.41) is 6.77. The monoisotopic (exact) mass is 465 g/mol. The summed E-state index contributed by atoms with van der Waals surface area (Å²) in [5.41, 5.74) is 4.49. The molecular weight excluding hydrogens is 446 g/mol. The molecule has 7 heteroatoms. The SMILES string of the molecule is CCOc1ccc(C=NNC(=O)c2ccccc2NC(=O)c2cccc(Br)c2)cc1. The lowest BCUT2D eigenvalue weighted by Crippen LogP contribution is -2.21. The molecule has 3 aromatic carbocycles. The van der Waals surface area contributed by atoms with E-state index in [0.717, 1.165) is 15.8 Å². The van der Waals surface area contributed by atoms with Gasteiger partial charge < -0.3 is 10.1 Å². The number of hydrogen-bond acceptors (Lipinski definition) is 4. The normalized spacial score (nSPS) is 10.6. The molecule has 2 N–H and O–H groups in total. The highest BCUT2D eigenvalue weighted by Gasteiger charge is 2.13. The number of carbonyl (C=O) groups is 2. The predicted molar refractivity (Wildman–Crippen MR) is 121 cm³/mol. The first-order valence-electron chi connectivity index (χ1n) is 9.29. The third kappa shape index (κ3) is 5.78. The van der Waals surface area contributed by atoms with Crippen LogP contribution in [0.2, 0.25) is 0 Å². The van der Waals surface area contributed by atoms with Crippen LogP contribution >= 0.6 is 15.9 Å². The number of rotatable bonds is 7. The molecule has 0 aromatic heterocycles. The molecular formula is C23H20BrN3O3. The summed E-state index contributed by atoms with van der Waals surface area (Å²) < 4.78 is 6.19. The third-order valence-electron chi connectivity index (χ3n) is 4.08. The van der Waals surface area contributed by atoms with Crippen LogP contribution in [0.15, 0.2) is 82.4 Å². The molecule has 3 rings (SSSR count). The van der Waals surface area contributed by atoms with Crippen molar-refractivity contribution in [3.8, 4) is 5.75 Å². The Morgan fingerprint density at radius 1 is 1.00 bits per heavy atom. The van der Waals surface area contributed by atoms with Crippen molar-refractivity contribution in [1.29, 1.82) is 0 Å². The minimum absolute atomic E-state index is 0.310. The number of halogens is 1. The standard InChI is InChI=1S/C23H20BrN3O3/c1-2-30-19-12-10-16(11-13-19)15-25-27-23(29)20-8-3-4-9-21(20)26-22(28)17-6-5-7-18(24)14-17/h3-15H,2H2,1H3,(H,26,28)(H,27,29). The second-order valence-corrected chi connectivity index (χ2v) is 7.13. The van der Waals surface area contributed by atoms with E-state index in [1.807, 2.05) is 37.3 Å². The van der Waals surface area contributed by atoms with Crippen LogP contribution in [0, 0.1) is 0 Å². The van der Waals surface area contributed by atoms with Gasteiger partial charge in [-0.25, -0.2) is 5.43 Å². The summed E-state index contributed by atoms with van der Waals surface area (Å²) >= 11 is 3.35. The number of anilines is 1. The molecule has 0 fully saturated rings. The fraction of sp³-hybridized carbons (Fsp3) is 0.0870. The van der Waals surface area contributed by atoms with Gasteiger partial charge in [0.25, 0.3) is 11.8 Å². The van der Waals surface area contributed by atoms with E-state index in [1.165, 1.54) is 6.21 Å². The molecule has 3 aromatic rings. The lowest BCUT2D eigenvalue weighted by atomic mass is 10.1. The molecule has 0 bridgehead atoms. The lowest BCUT2D eigenvalue weighted by molar-refractivity contribution is 0.0956. The molecule has 0 aliphatic rings. The Bertz CT molecular complexity index is 1070. The molecule has 0 aliphatic heterocycles. The number of nitrogens with zero attached hydrogens (tertiary/aromatic N) is 1. The number of ether oxygens (including phenoxy) is 1. The van der Waals surface area contributed by atoms with Gasteiger partial charge in [-0.2, -0.15) is 5.10 Å². The smallest absolute Gasteiger partial charge is 0.273 e. The molecule has 0 radical (unpaired) electrons. The van der Waals surface area contributed by atoms with Gasteiger partial charge in [0.15, 0.2) is 0 Å². The topological polar surface area (TPSA) is 79.8 Å². The van der Waals surface area contributed by atoms with E-state index in [1.54, 1.807) is 42.5 Å². The molecule has 2 amide bonds. The molecule has 152 valence electrons. The molecule has 0 saturated carbocycles. The van der Waals surface area contributed by atoms with Crippen molar-refractivity contribution in [1.82, 2.24) is 5.43 Å². The van der Waals surface area contributed by atoms with Crippen LogP contribution in [-0.2, 0) is 0 Å². The van der Waals surface area contributed by atoms with Gasteiger partial charge in [0.05, 0.1) is 24.1 Å². The van der Waals surface area contributed by atoms with E-state index in [9.17, 15) is 9.59 Å². The van der Waals surface area contributed by atoms with E-state index in [0.29, 0.717) is 23.4 Å². The van der Waals surface area contributed by atoms with Gasteiger partial charge in [0.2, 0.25) is 0 Å². The van der Waals surface area contributed by atoms with Crippen LogP contribution < -0.4 is 15.5 Å². The van der Waals surface area contributed by atoms with Crippen LogP contribution in [-0.4, -0.2) is 24.6 Å². The van der Waals surface area contributed by atoms with Crippen LogP contribution in [0.3, 0.4) is 0 Å². The number of carbonyl (C=O) groups excluding carboxylic acids is 2. The zero-order valence-electron chi connectivity index (χ0n) is 16.3. The summed E-state index contributed by atoms with van der Waals surface area (Å²) in [6.45, 7) is 2.52. The van der Waals surface area contributed by atoms with Crippen molar-refractivity contribution in [3.63, 3.8) is 0 Å². The summed E-state index contributed by atoms with van der Waals surface area (Å²) in [4.78, 5) is 25.1. The van der Waals surface area contributed by atoms with E-state index in [-0.39, 0.29) is 5.91 Å². The van der Waals surface area contributed by atoms with Crippen molar-refractivity contribution in [2.24, 2.45) is 5.10 Å². The van der Waals surface area contributed by atoms with E-state index >= 15 is 0 Å². The van der Waals surface area contributed by atoms with Gasteiger partial charge in [-0.05, 0) is 67.1 Å². The largest absolute Gasteiger partial charge is 0.494 e. The first kappa shape index (κ1) is 21.3. The maximum absolute atomic E-state index is 12.6. The maximum atomic E-state index is 12.6. The van der Waals surface area contributed by atoms with Gasteiger partial charge >= 0.3 is 0 Å². The van der Waals surface area contributed by atoms with Crippen molar-refractivity contribution < 1.29 is 14.3 Å². The number of benzene rings is 3. The highest BCUT2D eigenvalue weighted by Crippen LogP contribution is 2.18. The summed E-state index contributed by atoms with van der Waals surface area (Å²) in [5.74, 6) is 0.0329. The quantitative estimate of drug-likeness (QED) is 0.386. The Balaban J connectivity index is 1.67. The molecule has 0 heterocycles. The minimum atomic E-state index is -0.428. The zero-order chi connectivity index (χ0) is 21.3. The first-order chi connectivity index (χ1) is 14.6. The van der Waals surface area contributed by atoms with E-state index in [4.69, 9.17) is 4.74 Å². The van der Waals surface area contributed by atoms with Crippen molar-refractivity contribution >= 4 is 39.6 Å². The second kappa shape index (κ2) is 10.4. The zero-order valence-corrected chi connectivity index (χ0v) is 17.8. The number of hydrogen-bond donors (Lipinski definition) is 2. The minimum Gasteiger partial charge on any atom is -0.494 e. The van der Waals surface area contributed by atoms with Gasteiger partial charge in [-0.1, -0.05) is 34.1 Å². The van der Waals surface area contributed by atoms with Crippen LogP contribution in [0.5, 0.6) is 5.75 Å². The van der Waals surface area contributed by atoms with E-state index in [2.05, 4.69) is 31.8 Å². The molecule has 0 aliphatic carbocycles. The Kier molecular flexibility index (Phi) is 7.34. The Labute approximate surface area is 183 Å². The predicted octanol–water partition coefficient (Wildman–Crippen LogP) is 4.86. The van der Waals surface area contributed by atoms with Crippen LogP contribution in [0.25, 0.3) is 0 Å². The van der Waals surface area contributed by atoms with Gasteiger partial charge in [0, 0.05) is 10.0 Å². The summed E-state index contributed by atoms with van der Waals surface area (Å²) in [6.07, 6.45) is 1.54. The van der Waals surface area contributed by atoms with Gasteiger partial charge in [-0.3, -0.25) is 9.59 Å². The molecule has 6 nitrogen and oxygen atoms in total. The summed E-state index contributed by atoms with van der Waals surface area (Å²) in [7, 11) is 0. The van der Waals surface area contributed by atoms with Crippen molar-refractivity contribution in [3.05, 3.63) is 94.0 Å². The fourth-order valence-corrected chi connectivity index (χ4v) is 3.06. The Hall–Kier alpha value is -3.45. The molecule has 0 spiro atoms. The van der Waals surface area contributed by atoms with E-state index < -0.39 is 5.91 Å². The summed E-state index contributed by atoms with van der Waals surface area (Å²) in [6, 6.07) is 21.1. The maximum Gasteiger partial charge on any atom is 0.273 e. The number of amides is 2. The number of nitrogens with one attached hydrogen (secondary N) is 2. The molecule has 0 unspecified atom stereocenters. The van der Waals surface area contributed by atoms with Gasteiger partial charge in [-0.15, -0.1) is 0 Å². The average Bonchev–Trinajstić information content (AvgIpc) is 2.75. The van der Waals surface area contributed by atoms with Gasteiger partial charge in [0.1, 0.15) is 5.75 Å². The molecule has 30 heavy (non-hydrogen) atoms. The lowest BCUT2D eigenvalue weighted by Gasteiger charge is -2.10. The second-order valence-electron chi connectivity index (χ2n) is 6.21. The van der Waals surface area contributed by atoms with Crippen LogP contribution in [0.1, 0.15) is 33.2 Å². The highest BCUT2D eigenvalue weighted by atomic mass is 79.9. The van der Waals surface area contributed by atoms with Crippen molar-refractivity contribution in [2.75, 3.05) is 11.9 Å². The average molecular weight is 466 g/mol. The number of para-hydroxylation sites is 1. The first-order valence-corrected chi connectivity index (χ1v) is 10.1.